The monoisotopic (exact) mass is 281 g/mol. The van der Waals surface area contributed by atoms with E-state index >= 15 is 0 Å². The molecule has 1 aliphatic rings. The quantitative estimate of drug-likeness (QED) is 0.830. The molecule has 1 saturated heterocycles. The molecule has 0 unspecified atom stereocenters. The molecule has 2 rings (SSSR count). The van der Waals surface area contributed by atoms with Crippen molar-refractivity contribution in [1.82, 2.24) is 4.90 Å². The lowest BCUT2D eigenvalue weighted by Gasteiger charge is -2.23. The molecule has 1 aliphatic heterocycles. The smallest absolute Gasteiger partial charge is 0.257 e. The number of rotatable bonds is 1. The van der Waals surface area contributed by atoms with Crippen LogP contribution in [-0.4, -0.2) is 44.6 Å². The van der Waals surface area contributed by atoms with Crippen LogP contribution in [0.25, 0.3) is 0 Å². The van der Waals surface area contributed by atoms with Gasteiger partial charge in [-0.05, 0) is 18.6 Å². The Kier molecular flexibility index (Phi) is 3.94. The number of phenolic OH excluding ortho intramolecular Hbond substituents is 2. The fraction of sp³-hybridized carbons (Fsp3) is 0.500. The second-order valence-electron chi connectivity index (χ2n) is 5.35. The van der Waals surface area contributed by atoms with E-state index in [9.17, 15) is 15.0 Å². The molecule has 0 aromatic heterocycles. The first-order chi connectivity index (χ1) is 8.89. The number of nitrogens with zero attached hydrogens (tertiary/aromatic N) is 1. The molecular formula is C14H19NO3S. The molecule has 5 heteroatoms. The van der Waals surface area contributed by atoms with E-state index in [0.29, 0.717) is 13.1 Å². The van der Waals surface area contributed by atoms with Gasteiger partial charge in [-0.25, -0.2) is 0 Å². The number of phenols is 2. The van der Waals surface area contributed by atoms with Crippen molar-refractivity contribution in [3.8, 4) is 11.5 Å². The Morgan fingerprint density at radius 3 is 2.74 bits per heavy atom. The van der Waals surface area contributed by atoms with Gasteiger partial charge in [0.25, 0.3) is 5.91 Å². The number of carbonyl (C=O) groups is 1. The molecular weight excluding hydrogens is 262 g/mol. The van der Waals surface area contributed by atoms with Gasteiger partial charge in [0.15, 0.2) is 0 Å². The molecule has 1 heterocycles. The van der Waals surface area contributed by atoms with Crippen molar-refractivity contribution in [1.29, 1.82) is 0 Å². The third-order valence-electron chi connectivity index (χ3n) is 3.34. The Balaban J connectivity index is 2.15. The number of aromatic hydroxyl groups is 2. The van der Waals surface area contributed by atoms with Crippen LogP contribution in [0.2, 0.25) is 0 Å². The van der Waals surface area contributed by atoms with E-state index in [1.165, 1.54) is 18.2 Å². The molecule has 19 heavy (non-hydrogen) atoms. The summed E-state index contributed by atoms with van der Waals surface area (Å²) in [6.07, 6.45) is 0.933. The van der Waals surface area contributed by atoms with Crippen LogP contribution in [0.15, 0.2) is 18.2 Å². The summed E-state index contributed by atoms with van der Waals surface area (Å²) >= 11 is 1.87. The molecule has 0 bridgehead atoms. The van der Waals surface area contributed by atoms with E-state index in [0.717, 1.165) is 12.2 Å². The molecule has 0 atom stereocenters. The van der Waals surface area contributed by atoms with Gasteiger partial charge >= 0.3 is 0 Å². The van der Waals surface area contributed by atoms with Gasteiger partial charge in [0.1, 0.15) is 11.5 Å². The number of hydrogen-bond acceptors (Lipinski definition) is 4. The highest BCUT2D eigenvalue weighted by atomic mass is 32.2. The van der Waals surface area contributed by atoms with Crippen LogP contribution in [-0.2, 0) is 0 Å². The van der Waals surface area contributed by atoms with Gasteiger partial charge in [-0.1, -0.05) is 13.8 Å². The molecule has 2 N–H and O–H groups in total. The minimum atomic E-state index is -0.171. The zero-order chi connectivity index (χ0) is 14.0. The van der Waals surface area contributed by atoms with Gasteiger partial charge in [0.05, 0.1) is 5.56 Å². The number of thioether (sulfide) groups is 1. The third kappa shape index (κ3) is 3.35. The number of carbonyl (C=O) groups excluding carboxylic acids is 1. The highest BCUT2D eigenvalue weighted by molar-refractivity contribution is 8.00. The Morgan fingerprint density at radius 1 is 1.32 bits per heavy atom. The summed E-state index contributed by atoms with van der Waals surface area (Å²) in [6.45, 7) is 5.75. The number of hydrogen-bond donors (Lipinski definition) is 2. The first kappa shape index (κ1) is 14.1. The van der Waals surface area contributed by atoms with Crippen LogP contribution in [0.4, 0.5) is 0 Å². The molecule has 104 valence electrons. The molecule has 0 radical (unpaired) electrons. The summed E-state index contributed by atoms with van der Waals surface area (Å²) in [5.41, 5.74) is 0.252. The average Bonchev–Trinajstić information content (AvgIpc) is 2.49. The fourth-order valence-corrected chi connectivity index (χ4v) is 3.19. The normalized spacial score (nSPS) is 18.9. The molecule has 4 nitrogen and oxygen atoms in total. The Morgan fingerprint density at radius 2 is 2.05 bits per heavy atom. The maximum atomic E-state index is 12.4. The minimum Gasteiger partial charge on any atom is -0.508 e. The fourth-order valence-electron chi connectivity index (χ4n) is 2.09. The predicted octanol–water partition coefficient (Wildman–Crippen LogP) is 2.46. The van der Waals surface area contributed by atoms with Gasteiger partial charge in [0, 0.05) is 29.7 Å². The maximum absolute atomic E-state index is 12.4. The van der Waals surface area contributed by atoms with Crippen molar-refractivity contribution < 1.29 is 15.0 Å². The molecule has 1 aromatic rings. The zero-order valence-electron chi connectivity index (χ0n) is 11.2. The average molecular weight is 281 g/mol. The summed E-state index contributed by atoms with van der Waals surface area (Å²) < 4.78 is 0.187. The van der Waals surface area contributed by atoms with Crippen molar-refractivity contribution in [2.24, 2.45) is 0 Å². The second-order valence-corrected chi connectivity index (χ2v) is 7.15. The third-order valence-corrected chi connectivity index (χ3v) is 4.71. The van der Waals surface area contributed by atoms with Crippen LogP contribution >= 0.6 is 11.8 Å². The summed E-state index contributed by atoms with van der Waals surface area (Å²) in [7, 11) is 0. The van der Waals surface area contributed by atoms with Crippen LogP contribution < -0.4 is 0 Å². The van der Waals surface area contributed by atoms with E-state index in [1.54, 1.807) is 4.90 Å². The van der Waals surface area contributed by atoms with Gasteiger partial charge in [-0.2, -0.15) is 11.8 Å². The van der Waals surface area contributed by atoms with Crippen LogP contribution in [0.1, 0.15) is 30.6 Å². The van der Waals surface area contributed by atoms with Crippen LogP contribution in [0, 0.1) is 0 Å². The summed E-state index contributed by atoms with van der Waals surface area (Å²) in [6, 6.07) is 4.09. The first-order valence-corrected chi connectivity index (χ1v) is 7.33. The largest absolute Gasteiger partial charge is 0.508 e. The van der Waals surface area contributed by atoms with E-state index in [2.05, 4.69) is 13.8 Å². The Bertz CT molecular complexity index is 488. The highest BCUT2D eigenvalue weighted by Crippen LogP contribution is 2.32. The highest BCUT2D eigenvalue weighted by Gasteiger charge is 2.27. The van der Waals surface area contributed by atoms with E-state index in [-0.39, 0.29) is 27.7 Å². The Hall–Kier alpha value is -1.36. The van der Waals surface area contributed by atoms with E-state index in [1.807, 2.05) is 11.8 Å². The molecule has 0 saturated carbocycles. The van der Waals surface area contributed by atoms with Crippen molar-refractivity contribution in [2.75, 3.05) is 18.8 Å². The van der Waals surface area contributed by atoms with E-state index in [4.69, 9.17) is 0 Å². The number of amides is 1. The zero-order valence-corrected chi connectivity index (χ0v) is 12.0. The van der Waals surface area contributed by atoms with Crippen molar-refractivity contribution in [2.45, 2.75) is 25.0 Å². The molecule has 1 fully saturated rings. The molecule has 0 spiro atoms. The lowest BCUT2D eigenvalue weighted by molar-refractivity contribution is 0.0761. The second kappa shape index (κ2) is 5.33. The first-order valence-electron chi connectivity index (χ1n) is 6.34. The topological polar surface area (TPSA) is 60.8 Å². The number of benzene rings is 1. The van der Waals surface area contributed by atoms with Crippen molar-refractivity contribution in [3.05, 3.63) is 23.8 Å². The molecule has 0 aliphatic carbocycles. The van der Waals surface area contributed by atoms with Crippen molar-refractivity contribution >= 4 is 17.7 Å². The minimum absolute atomic E-state index is 0.0402. The lowest BCUT2D eigenvalue weighted by atomic mass is 10.1. The van der Waals surface area contributed by atoms with Crippen LogP contribution in [0.3, 0.4) is 0 Å². The summed E-state index contributed by atoms with van der Waals surface area (Å²) in [5, 5.41) is 19.0. The van der Waals surface area contributed by atoms with Gasteiger partial charge < -0.3 is 15.1 Å². The molecule has 1 amide bonds. The molecule has 1 aromatic carbocycles. The maximum Gasteiger partial charge on any atom is 0.257 e. The van der Waals surface area contributed by atoms with Gasteiger partial charge in [-0.3, -0.25) is 4.79 Å². The SMILES string of the molecule is CC1(C)CCN(C(=O)c2ccc(O)cc2O)CCS1. The van der Waals surface area contributed by atoms with Gasteiger partial charge in [-0.15, -0.1) is 0 Å². The van der Waals surface area contributed by atoms with E-state index < -0.39 is 0 Å². The van der Waals surface area contributed by atoms with Crippen LogP contribution in [0.5, 0.6) is 11.5 Å². The summed E-state index contributed by atoms with van der Waals surface area (Å²) in [5.74, 6) is 0.524. The Labute approximate surface area is 117 Å². The lowest BCUT2D eigenvalue weighted by Crippen LogP contribution is -2.33. The predicted molar refractivity (Wildman–Crippen MR) is 76.8 cm³/mol. The summed E-state index contributed by atoms with van der Waals surface area (Å²) in [4.78, 5) is 14.1. The van der Waals surface area contributed by atoms with Crippen molar-refractivity contribution in [3.63, 3.8) is 0 Å². The standard InChI is InChI=1S/C14H19NO3S/c1-14(2)5-6-15(7-8-19-14)13(18)11-4-3-10(16)9-12(11)17/h3-4,9,16-17H,5-8H2,1-2H3. The van der Waals surface area contributed by atoms with Gasteiger partial charge in [0.2, 0.25) is 0 Å².